The van der Waals surface area contributed by atoms with Crippen molar-refractivity contribution in [1.29, 1.82) is 0 Å². The highest BCUT2D eigenvalue weighted by Crippen LogP contribution is 2.53. The van der Waals surface area contributed by atoms with Crippen LogP contribution < -0.4 is 10.1 Å². The first-order valence-corrected chi connectivity index (χ1v) is 8.17. The number of phenols is 1. The molecule has 2 aliphatic rings. The Labute approximate surface area is 144 Å². The summed E-state index contributed by atoms with van der Waals surface area (Å²) in [5.74, 6) is 1.17. The molecule has 0 aromatic heterocycles. The van der Waals surface area contributed by atoms with Gasteiger partial charge < -0.3 is 15.2 Å². The van der Waals surface area contributed by atoms with E-state index in [9.17, 15) is 15.2 Å². The zero-order chi connectivity index (χ0) is 17.6. The summed E-state index contributed by atoms with van der Waals surface area (Å²) in [7, 11) is 1.62. The predicted molar refractivity (Wildman–Crippen MR) is 94.1 cm³/mol. The summed E-state index contributed by atoms with van der Waals surface area (Å²) < 4.78 is 5.48. The molecule has 1 aliphatic heterocycles. The maximum Gasteiger partial charge on any atom is 0.270 e. The number of anilines is 1. The van der Waals surface area contributed by atoms with Crippen molar-refractivity contribution in [3.8, 4) is 11.5 Å². The van der Waals surface area contributed by atoms with E-state index < -0.39 is 4.92 Å². The number of rotatable bonds is 3. The van der Waals surface area contributed by atoms with Crippen LogP contribution in [0.2, 0.25) is 0 Å². The summed E-state index contributed by atoms with van der Waals surface area (Å²) in [6, 6.07) is 9.86. The molecule has 6 heteroatoms. The smallest absolute Gasteiger partial charge is 0.270 e. The second-order valence-corrected chi connectivity index (χ2v) is 6.40. The van der Waals surface area contributed by atoms with Crippen molar-refractivity contribution >= 4 is 11.4 Å². The molecular weight excluding hydrogens is 320 g/mol. The Morgan fingerprint density at radius 2 is 2.12 bits per heavy atom. The lowest BCUT2D eigenvalue weighted by atomic mass is 9.76. The van der Waals surface area contributed by atoms with E-state index in [-0.39, 0.29) is 29.3 Å². The van der Waals surface area contributed by atoms with Crippen LogP contribution in [0.5, 0.6) is 11.5 Å². The molecule has 0 saturated carbocycles. The number of fused-ring (bicyclic) bond motifs is 3. The second kappa shape index (κ2) is 5.81. The van der Waals surface area contributed by atoms with Gasteiger partial charge >= 0.3 is 0 Å². The number of nitrogens with one attached hydrogen (secondary N) is 1. The standard InChI is InChI=1S/C19H18N2O4/c1-25-17-7-3-6-14-12-4-2-5-13(12)18(20-19(14)17)15-10-11(21(23)24)8-9-16(15)22/h2-4,6-10,12-13,18,20,22H,5H2,1H3. The van der Waals surface area contributed by atoms with Crippen LogP contribution >= 0.6 is 0 Å². The van der Waals surface area contributed by atoms with Gasteiger partial charge in [0.2, 0.25) is 0 Å². The van der Waals surface area contributed by atoms with Crippen LogP contribution in [0.3, 0.4) is 0 Å². The number of nitro groups is 1. The quantitative estimate of drug-likeness (QED) is 0.499. The lowest BCUT2D eigenvalue weighted by molar-refractivity contribution is -0.385. The highest BCUT2D eigenvalue weighted by Gasteiger charge is 2.40. The van der Waals surface area contributed by atoms with Gasteiger partial charge in [0.15, 0.2) is 0 Å². The maximum absolute atomic E-state index is 11.1. The van der Waals surface area contributed by atoms with Gasteiger partial charge in [0.1, 0.15) is 11.5 Å². The van der Waals surface area contributed by atoms with Crippen molar-refractivity contribution in [2.75, 3.05) is 12.4 Å². The summed E-state index contributed by atoms with van der Waals surface area (Å²) in [6.45, 7) is 0. The second-order valence-electron chi connectivity index (χ2n) is 6.40. The number of nitrogens with zero attached hydrogens (tertiary/aromatic N) is 1. The summed E-state index contributed by atoms with van der Waals surface area (Å²) >= 11 is 0. The minimum Gasteiger partial charge on any atom is -0.508 e. The summed E-state index contributed by atoms with van der Waals surface area (Å²) in [5.41, 5.74) is 2.56. The average Bonchev–Trinajstić information content (AvgIpc) is 3.11. The van der Waals surface area contributed by atoms with Crippen molar-refractivity contribution < 1.29 is 14.8 Å². The van der Waals surface area contributed by atoms with Gasteiger partial charge in [-0.25, -0.2) is 0 Å². The molecule has 4 rings (SSSR count). The molecule has 1 heterocycles. The molecular formula is C19H18N2O4. The molecule has 0 amide bonds. The third kappa shape index (κ3) is 2.41. The summed E-state index contributed by atoms with van der Waals surface area (Å²) in [6.07, 6.45) is 5.15. The number of ether oxygens (including phenoxy) is 1. The third-order valence-electron chi connectivity index (χ3n) is 5.14. The van der Waals surface area contributed by atoms with Gasteiger partial charge in [-0.3, -0.25) is 10.1 Å². The minimum atomic E-state index is -0.440. The highest BCUT2D eigenvalue weighted by atomic mass is 16.6. The lowest BCUT2D eigenvalue weighted by Crippen LogP contribution is -2.29. The first kappa shape index (κ1) is 15.5. The number of allylic oxidation sites excluding steroid dienone is 2. The van der Waals surface area contributed by atoms with Crippen LogP contribution in [0, 0.1) is 16.0 Å². The zero-order valence-corrected chi connectivity index (χ0v) is 13.7. The van der Waals surface area contributed by atoms with Gasteiger partial charge in [0, 0.05) is 23.6 Å². The van der Waals surface area contributed by atoms with Crippen molar-refractivity contribution in [2.45, 2.75) is 18.4 Å². The van der Waals surface area contributed by atoms with Crippen molar-refractivity contribution in [2.24, 2.45) is 5.92 Å². The molecule has 128 valence electrons. The molecule has 6 nitrogen and oxygen atoms in total. The lowest BCUT2D eigenvalue weighted by Gasteiger charge is -2.38. The van der Waals surface area contributed by atoms with Crippen LogP contribution in [0.15, 0.2) is 48.6 Å². The normalized spacial score (nSPS) is 23.5. The van der Waals surface area contributed by atoms with Gasteiger partial charge in [-0.1, -0.05) is 24.3 Å². The fraction of sp³-hybridized carbons (Fsp3) is 0.263. The Hall–Kier alpha value is -3.02. The minimum absolute atomic E-state index is 0.0251. The monoisotopic (exact) mass is 338 g/mol. The van der Waals surface area contributed by atoms with Gasteiger partial charge in [-0.15, -0.1) is 0 Å². The van der Waals surface area contributed by atoms with Crippen molar-refractivity contribution in [3.63, 3.8) is 0 Å². The van der Waals surface area contributed by atoms with E-state index in [4.69, 9.17) is 4.74 Å². The van der Waals surface area contributed by atoms with Crippen molar-refractivity contribution in [3.05, 3.63) is 69.8 Å². The molecule has 3 unspecified atom stereocenters. The third-order valence-corrected chi connectivity index (χ3v) is 5.14. The van der Waals surface area contributed by atoms with Crippen molar-refractivity contribution in [1.82, 2.24) is 0 Å². The van der Waals surface area contributed by atoms with Crippen LogP contribution in [0.4, 0.5) is 11.4 Å². The number of aromatic hydroxyl groups is 1. The fourth-order valence-electron chi connectivity index (χ4n) is 3.98. The number of nitro benzene ring substituents is 1. The van der Waals surface area contributed by atoms with E-state index in [0.717, 1.165) is 23.4 Å². The van der Waals surface area contributed by atoms with Crippen LogP contribution in [-0.2, 0) is 0 Å². The zero-order valence-electron chi connectivity index (χ0n) is 13.7. The van der Waals surface area contributed by atoms with Crippen LogP contribution in [0.25, 0.3) is 0 Å². The molecule has 3 atom stereocenters. The number of para-hydroxylation sites is 1. The molecule has 25 heavy (non-hydrogen) atoms. The Morgan fingerprint density at radius 1 is 1.28 bits per heavy atom. The van der Waals surface area contributed by atoms with Crippen LogP contribution in [0.1, 0.15) is 29.5 Å². The summed E-state index contributed by atoms with van der Waals surface area (Å²) in [5, 5.41) is 25.0. The van der Waals surface area contributed by atoms with E-state index in [1.807, 2.05) is 12.1 Å². The van der Waals surface area contributed by atoms with Gasteiger partial charge in [0.05, 0.1) is 23.8 Å². The Kier molecular flexibility index (Phi) is 3.60. The molecule has 2 aromatic carbocycles. The number of phenolic OH excluding ortho intramolecular Hbond substituents is 1. The average molecular weight is 338 g/mol. The number of methoxy groups -OCH3 is 1. The van der Waals surface area contributed by atoms with E-state index in [0.29, 0.717) is 5.56 Å². The number of non-ortho nitro benzene ring substituents is 1. The number of benzene rings is 2. The van der Waals surface area contributed by atoms with Gasteiger partial charge in [-0.05, 0) is 30.0 Å². The van der Waals surface area contributed by atoms with Crippen LogP contribution in [-0.4, -0.2) is 17.1 Å². The molecule has 0 fully saturated rings. The first-order chi connectivity index (χ1) is 12.1. The Bertz CT molecular complexity index is 878. The number of hydrogen-bond donors (Lipinski definition) is 2. The molecule has 0 saturated heterocycles. The van der Waals surface area contributed by atoms with Gasteiger partial charge in [-0.2, -0.15) is 0 Å². The predicted octanol–water partition coefficient (Wildman–Crippen LogP) is 4.14. The molecule has 2 N–H and O–H groups in total. The Morgan fingerprint density at radius 3 is 2.88 bits per heavy atom. The maximum atomic E-state index is 11.1. The SMILES string of the molecule is COc1cccc2c1NC(c1cc([N+](=O)[O-])ccc1O)C1CC=CC21. The molecule has 0 radical (unpaired) electrons. The fourth-order valence-corrected chi connectivity index (χ4v) is 3.98. The molecule has 0 spiro atoms. The number of hydrogen-bond acceptors (Lipinski definition) is 5. The topological polar surface area (TPSA) is 84.6 Å². The Balaban J connectivity index is 1.84. The van der Waals surface area contributed by atoms with E-state index in [1.165, 1.54) is 18.2 Å². The van der Waals surface area contributed by atoms with E-state index in [1.54, 1.807) is 7.11 Å². The van der Waals surface area contributed by atoms with E-state index >= 15 is 0 Å². The van der Waals surface area contributed by atoms with Gasteiger partial charge in [0.25, 0.3) is 5.69 Å². The molecule has 0 bridgehead atoms. The van der Waals surface area contributed by atoms with E-state index in [2.05, 4.69) is 23.5 Å². The molecule has 1 aliphatic carbocycles. The summed E-state index contributed by atoms with van der Waals surface area (Å²) in [4.78, 5) is 10.7. The highest BCUT2D eigenvalue weighted by molar-refractivity contribution is 5.68. The largest absolute Gasteiger partial charge is 0.508 e. The first-order valence-electron chi connectivity index (χ1n) is 8.17. The molecule has 2 aromatic rings.